The van der Waals surface area contributed by atoms with Crippen LogP contribution in [0.4, 0.5) is 5.69 Å². The molecule has 0 aromatic heterocycles. The summed E-state index contributed by atoms with van der Waals surface area (Å²) in [6.07, 6.45) is 4.21. The number of carboxylic acid groups (broad SMARTS) is 1. The van der Waals surface area contributed by atoms with Crippen molar-refractivity contribution >= 4 is 11.7 Å². The summed E-state index contributed by atoms with van der Waals surface area (Å²) in [7, 11) is 0. The summed E-state index contributed by atoms with van der Waals surface area (Å²) in [4.78, 5) is 10.9. The van der Waals surface area contributed by atoms with Crippen LogP contribution in [0.2, 0.25) is 0 Å². The highest BCUT2D eigenvalue weighted by atomic mass is 16.4. The Hall–Kier alpha value is -2.29. The number of anilines is 1. The molecule has 0 aliphatic carbocycles. The molecule has 23 heavy (non-hydrogen) atoms. The van der Waals surface area contributed by atoms with Crippen molar-refractivity contribution in [3.63, 3.8) is 0 Å². The van der Waals surface area contributed by atoms with Crippen molar-refractivity contribution in [2.45, 2.75) is 39.0 Å². The molecule has 0 atom stereocenters. The zero-order valence-corrected chi connectivity index (χ0v) is 13.7. The topological polar surface area (TPSA) is 49.3 Å². The van der Waals surface area contributed by atoms with Gasteiger partial charge in [0.25, 0.3) is 0 Å². The van der Waals surface area contributed by atoms with Gasteiger partial charge in [0.1, 0.15) is 0 Å². The smallest absolute Gasteiger partial charge is 0.303 e. The van der Waals surface area contributed by atoms with Crippen molar-refractivity contribution in [2.75, 3.05) is 11.9 Å². The summed E-state index contributed by atoms with van der Waals surface area (Å²) in [5.74, 6) is -0.757. The first kappa shape index (κ1) is 17.1. The lowest BCUT2D eigenvalue weighted by Crippen LogP contribution is -2.07. The van der Waals surface area contributed by atoms with E-state index in [1.165, 1.54) is 12.8 Å². The van der Waals surface area contributed by atoms with Crippen molar-refractivity contribution in [2.24, 2.45) is 0 Å². The molecule has 0 bridgehead atoms. The van der Waals surface area contributed by atoms with Crippen LogP contribution in [0.1, 0.15) is 38.2 Å². The van der Waals surface area contributed by atoms with E-state index in [9.17, 15) is 4.79 Å². The van der Waals surface area contributed by atoms with E-state index in [1.54, 1.807) is 0 Å². The number of hydrogen-bond acceptors (Lipinski definition) is 2. The fourth-order valence-corrected chi connectivity index (χ4v) is 2.71. The molecule has 0 fully saturated rings. The summed E-state index contributed by atoms with van der Waals surface area (Å²) in [5, 5.41) is 12.5. The number of aryl methyl sites for hydroxylation is 1. The largest absolute Gasteiger partial charge is 0.481 e. The maximum Gasteiger partial charge on any atom is 0.303 e. The Morgan fingerprint density at radius 1 is 1.04 bits per heavy atom. The summed E-state index contributed by atoms with van der Waals surface area (Å²) in [6, 6.07) is 16.4. The van der Waals surface area contributed by atoms with Gasteiger partial charge in [-0.1, -0.05) is 68.3 Å². The van der Waals surface area contributed by atoms with Crippen LogP contribution in [-0.4, -0.2) is 17.6 Å². The normalized spacial score (nSPS) is 10.5. The van der Waals surface area contributed by atoms with Crippen molar-refractivity contribution in [1.82, 2.24) is 0 Å². The van der Waals surface area contributed by atoms with Crippen LogP contribution in [0.5, 0.6) is 0 Å². The molecule has 0 unspecified atom stereocenters. The Kier molecular flexibility index (Phi) is 6.67. The molecular weight excluding hydrogens is 286 g/mol. The number of nitrogens with one attached hydrogen (secondary N) is 1. The Morgan fingerprint density at radius 3 is 2.52 bits per heavy atom. The molecule has 0 aliphatic heterocycles. The predicted molar refractivity (Wildman–Crippen MR) is 95.8 cm³/mol. The van der Waals surface area contributed by atoms with Crippen molar-refractivity contribution < 1.29 is 9.90 Å². The van der Waals surface area contributed by atoms with Crippen LogP contribution in [0.25, 0.3) is 11.1 Å². The van der Waals surface area contributed by atoms with Gasteiger partial charge in [-0.25, -0.2) is 0 Å². The molecule has 0 radical (unpaired) electrons. The third kappa shape index (κ3) is 5.13. The molecule has 3 heteroatoms. The van der Waals surface area contributed by atoms with Crippen LogP contribution in [-0.2, 0) is 11.2 Å². The van der Waals surface area contributed by atoms with Crippen LogP contribution in [0, 0.1) is 0 Å². The number of aliphatic carboxylic acids is 1. The van der Waals surface area contributed by atoms with Gasteiger partial charge in [-0.2, -0.15) is 0 Å². The number of para-hydroxylation sites is 1. The zero-order valence-electron chi connectivity index (χ0n) is 13.7. The monoisotopic (exact) mass is 311 g/mol. The molecule has 3 nitrogen and oxygen atoms in total. The second-order valence-electron chi connectivity index (χ2n) is 5.73. The second-order valence-corrected chi connectivity index (χ2v) is 5.73. The molecule has 122 valence electrons. The number of carboxylic acids is 1. The number of hydrogen-bond donors (Lipinski definition) is 2. The Labute approximate surface area is 138 Å². The highest BCUT2D eigenvalue weighted by Crippen LogP contribution is 2.31. The van der Waals surface area contributed by atoms with Crippen molar-refractivity contribution in [1.29, 1.82) is 0 Å². The molecule has 2 aromatic rings. The number of rotatable bonds is 9. The van der Waals surface area contributed by atoms with Gasteiger partial charge in [0.2, 0.25) is 0 Å². The van der Waals surface area contributed by atoms with E-state index in [0.29, 0.717) is 6.42 Å². The van der Waals surface area contributed by atoms with Gasteiger partial charge >= 0.3 is 5.97 Å². The number of carbonyl (C=O) groups is 1. The van der Waals surface area contributed by atoms with Gasteiger partial charge in [0, 0.05) is 24.2 Å². The second kappa shape index (κ2) is 8.99. The average molecular weight is 311 g/mol. The fourth-order valence-electron chi connectivity index (χ4n) is 2.71. The lowest BCUT2D eigenvalue weighted by molar-refractivity contribution is -0.136. The molecule has 0 saturated heterocycles. The lowest BCUT2D eigenvalue weighted by Gasteiger charge is -2.17. The maximum atomic E-state index is 10.9. The van der Waals surface area contributed by atoms with Gasteiger partial charge in [-0.05, 0) is 24.0 Å². The molecular formula is C20H25NO2. The summed E-state index contributed by atoms with van der Waals surface area (Å²) in [6.45, 7) is 3.11. The number of unbranched alkanes of at least 4 members (excludes halogenated alkanes) is 2. The first-order valence-electron chi connectivity index (χ1n) is 8.35. The summed E-state index contributed by atoms with van der Waals surface area (Å²) >= 11 is 0. The molecule has 0 amide bonds. The predicted octanol–water partition coefficient (Wildman–Crippen LogP) is 4.97. The van der Waals surface area contributed by atoms with Crippen molar-refractivity contribution in [3.05, 3.63) is 54.1 Å². The summed E-state index contributed by atoms with van der Waals surface area (Å²) in [5.41, 5.74) is 4.45. The molecule has 0 heterocycles. The molecule has 2 aromatic carbocycles. The molecule has 0 spiro atoms. The minimum Gasteiger partial charge on any atom is -0.481 e. The quantitative estimate of drug-likeness (QED) is 0.643. The maximum absolute atomic E-state index is 10.9. The van der Waals surface area contributed by atoms with E-state index in [2.05, 4.69) is 30.4 Å². The third-order valence-electron chi connectivity index (χ3n) is 3.93. The Morgan fingerprint density at radius 2 is 1.83 bits per heavy atom. The van der Waals surface area contributed by atoms with Crippen molar-refractivity contribution in [3.8, 4) is 11.1 Å². The zero-order chi connectivity index (χ0) is 16.5. The van der Waals surface area contributed by atoms with E-state index >= 15 is 0 Å². The van der Waals surface area contributed by atoms with E-state index < -0.39 is 5.97 Å². The average Bonchev–Trinajstić information content (AvgIpc) is 2.58. The van der Waals surface area contributed by atoms with E-state index in [1.807, 2.05) is 30.3 Å². The molecule has 0 saturated carbocycles. The number of benzene rings is 2. The molecule has 2 N–H and O–H groups in total. The third-order valence-corrected chi connectivity index (χ3v) is 3.93. The lowest BCUT2D eigenvalue weighted by atomic mass is 9.97. The minimum absolute atomic E-state index is 0.155. The van der Waals surface area contributed by atoms with E-state index in [0.717, 1.165) is 35.3 Å². The van der Waals surface area contributed by atoms with Crippen LogP contribution >= 0.6 is 0 Å². The Bertz CT molecular complexity index is 623. The van der Waals surface area contributed by atoms with E-state index in [4.69, 9.17) is 5.11 Å². The minimum atomic E-state index is -0.757. The van der Waals surface area contributed by atoms with Gasteiger partial charge in [0.15, 0.2) is 0 Å². The first-order valence-corrected chi connectivity index (χ1v) is 8.35. The summed E-state index contributed by atoms with van der Waals surface area (Å²) < 4.78 is 0. The first-order chi connectivity index (χ1) is 11.2. The van der Waals surface area contributed by atoms with Gasteiger partial charge < -0.3 is 10.4 Å². The molecule has 0 aliphatic rings. The van der Waals surface area contributed by atoms with Crippen LogP contribution in [0.15, 0.2) is 48.5 Å². The van der Waals surface area contributed by atoms with Crippen LogP contribution < -0.4 is 5.32 Å². The van der Waals surface area contributed by atoms with Gasteiger partial charge in [-0.3, -0.25) is 4.79 Å². The highest BCUT2D eigenvalue weighted by Gasteiger charge is 2.11. The Balaban J connectivity index is 2.28. The standard InChI is InChI=1S/C20H25NO2/c1-2-3-7-15-21-20-17(13-14-19(22)23)11-8-12-18(20)16-9-5-4-6-10-16/h4-6,8-12,21H,2-3,7,13-15H2,1H3,(H,22,23). The molecule has 2 rings (SSSR count). The SMILES string of the molecule is CCCCCNc1c(CCC(=O)O)cccc1-c1ccccc1. The van der Waals surface area contributed by atoms with E-state index in [-0.39, 0.29) is 6.42 Å². The highest BCUT2D eigenvalue weighted by molar-refractivity contribution is 5.80. The van der Waals surface area contributed by atoms with Gasteiger partial charge in [-0.15, -0.1) is 0 Å². The van der Waals surface area contributed by atoms with Gasteiger partial charge in [0.05, 0.1) is 0 Å². The fraction of sp³-hybridized carbons (Fsp3) is 0.350. The van der Waals surface area contributed by atoms with Crippen LogP contribution in [0.3, 0.4) is 0 Å².